The fraction of sp³-hybridized carbons (Fsp3) is 0.150. The molecule has 0 fully saturated rings. The summed E-state index contributed by atoms with van der Waals surface area (Å²) in [5, 5.41) is 6.79. The van der Waals surface area contributed by atoms with Gasteiger partial charge in [0.05, 0.1) is 0 Å². The lowest BCUT2D eigenvalue weighted by molar-refractivity contribution is -0.117. The molecule has 3 aromatic rings. The minimum absolute atomic E-state index is 0.204. The zero-order valence-corrected chi connectivity index (χ0v) is 14.6. The van der Waals surface area contributed by atoms with Gasteiger partial charge in [-0.1, -0.05) is 35.5 Å². The van der Waals surface area contributed by atoms with Crippen LogP contribution in [0.5, 0.6) is 11.5 Å². The molecule has 7 nitrogen and oxygen atoms in total. The maximum Gasteiger partial charge on any atom is 0.249 e. The summed E-state index contributed by atoms with van der Waals surface area (Å²) in [6.07, 6.45) is 3.22. The molecule has 1 atom stereocenters. The molecule has 1 aromatic heterocycles. The largest absolute Gasteiger partial charge is 0.454 e. The molecular formula is C20H17N3O4. The number of hydrogen-bond donors (Lipinski definition) is 1. The molecule has 1 unspecified atom stereocenters. The standard InChI is InChI=1S/C20H17N3O4/c1-13(21-18(24)10-7-14-5-3-2-4-6-14)20-22-19(23-27-20)15-8-9-16-17(11-15)26-12-25-16/h2-11,13H,12H2,1H3,(H,21,24)/b10-7+. The van der Waals surface area contributed by atoms with Crippen molar-refractivity contribution in [2.24, 2.45) is 0 Å². The number of carbonyl (C=O) groups excluding carboxylic acids is 1. The average molecular weight is 363 g/mol. The van der Waals surface area contributed by atoms with Gasteiger partial charge in [-0.3, -0.25) is 4.79 Å². The predicted molar refractivity (Wildman–Crippen MR) is 97.9 cm³/mol. The highest BCUT2D eigenvalue weighted by Gasteiger charge is 2.19. The third kappa shape index (κ3) is 3.82. The van der Waals surface area contributed by atoms with Crippen LogP contribution < -0.4 is 14.8 Å². The molecule has 1 aliphatic rings. The van der Waals surface area contributed by atoms with Gasteiger partial charge in [0.15, 0.2) is 11.5 Å². The second kappa shape index (κ2) is 7.33. The molecule has 1 amide bonds. The van der Waals surface area contributed by atoms with Crippen LogP contribution in [0, 0.1) is 0 Å². The van der Waals surface area contributed by atoms with Crippen molar-refractivity contribution < 1.29 is 18.8 Å². The molecule has 0 aliphatic carbocycles. The quantitative estimate of drug-likeness (QED) is 0.700. The Kier molecular flexibility index (Phi) is 4.57. The normalized spacial score (nSPS) is 13.7. The maximum absolute atomic E-state index is 12.1. The first-order valence-electron chi connectivity index (χ1n) is 8.46. The molecule has 2 heterocycles. The van der Waals surface area contributed by atoms with Crippen LogP contribution in [0.2, 0.25) is 0 Å². The minimum Gasteiger partial charge on any atom is -0.454 e. The van der Waals surface area contributed by atoms with Gasteiger partial charge >= 0.3 is 0 Å². The Labute approximate surface area is 155 Å². The molecule has 0 radical (unpaired) electrons. The molecule has 136 valence electrons. The minimum atomic E-state index is -0.423. The zero-order valence-electron chi connectivity index (χ0n) is 14.6. The van der Waals surface area contributed by atoms with Gasteiger partial charge in [0.25, 0.3) is 0 Å². The van der Waals surface area contributed by atoms with Crippen LogP contribution in [-0.2, 0) is 4.79 Å². The van der Waals surface area contributed by atoms with E-state index in [0.717, 1.165) is 11.1 Å². The van der Waals surface area contributed by atoms with Crippen LogP contribution >= 0.6 is 0 Å². The van der Waals surface area contributed by atoms with E-state index >= 15 is 0 Å². The Morgan fingerprint density at radius 2 is 1.96 bits per heavy atom. The Morgan fingerprint density at radius 1 is 1.15 bits per heavy atom. The molecule has 27 heavy (non-hydrogen) atoms. The summed E-state index contributed by atoms with van der Waals surface area (Å²) in [5.41, 5.74) is 1.69. The number of nitrogens with zero attached hydrogens (tertiary/aromatic N) is 2. The van der Waals surface area contributed by atoms with Gasteiger partial charge in [-0.15, -0.1) is 0 Å². The van der Waals surface area contributed by atoms with E-state index in [1.807, 2.05) is 36.4 Å². The highest BCUT2D eigenvalue weighted by Crippen LogP contribution is 2.35. The Balaban J connectivity index is 1.42. The number of hydrogen-bond acceptors (Lipinski definition) is 6. The van der Waals surface area contributed by atoms with Crippen molar-refractivity contribution >= 4 is 12.0 Å². The van der Waals surface area contributed by atoms with Crippen molar-refractivity contribution in [2.75, 3.05) is 6.79 Å². The highest BCUT2D eigenvalue weighted by atomic mass is 16.7. The van der Waals surface area contributed by atoms with Crippen LogP contribution in [-0.4, -0.2) is 22.8 Å². The van der Waals surface area contributed by atoms with E-state index in [1.165, 1.54) is 6.08 Å². The topological polar surface area (TPSA) is 86.5 Å². The van der Waals surface area contributed by atoms with Crippen molar-refractivity contribution in [3.63, 3.8) is 0 Å². The monoisotopic (exact) mass is 363 g/mol. The van der Waals surface area contributed by atoms with Crippen molar-refractivity contribution in [3.8, 4) is 22.9 Å². The number of ether oxygens (including phenoxy) is 2. The van der Waals surface area contributed by atoms with Gasteiger partial charge in [0.1, 0.15) is 6.04 Å². The number of benzene rings is 2. The van der Waals surface area contributed by atoms with Gasteiger partial charge in [0.2, 0.25) is 24.4 Å². The maximum atomic E-state index is 12.1. The smallest absolute Gasteiger partial charge is 0.249 e. The fourth-order valence-corrected chi connectivity index (χ4v) is 2.62. The number of carbonyl (C=O) groups is 1. The van der Waals surface area contributed by atoms with Gasteiger partial charge < -0.3 is 19.3 Å². The van der Waals surface area contributed by atoms with E-state index in [0.29, 0.717) is 23.2 Å². The number of aromatic nitrogens is 2. The Morgan fingerprint density at radius 3 is 2.81 bits per heavy atom. The molecule has 0 saturated heterocycles. The first-order valence-corrected chi connectivity index (χ1v) is 8.46. The number of nitrogens with one attached hydrogen (secondary N) is 1. The van der Waals surface area contributed by atoms with E-state index in [2.05, 4.69) is 15.5 Å². The lowest BCUT2D eigenvalue weighted by Crippen LogP contribution is -2.24. The second-order valence-electron chi connectivity index (χ2n) is 6.00. The van der Waals surface area contributed by atoms with Crippen molar-refractivity contribution in [3.05, 3.63) is 66.1 Å². The lowest BCUT2D eigenvalue weighted by Gasteiger charge is -2.06. The predicted octanol–water partition coefficient (Wildman–Crippen LogP) is 3.36. The van der Waals surface area contributed by atoms with Gasteiger partial charge in [0, 0.05) is 11.6 Å². The number of amides is 1. The van der Waals surface area contributed by atoms with E-state index < -0.39 is 6.04 Å². The molecule has 1 aliphatic heterocycles. The summed E-state index contributed by atoms with van der Waals surface area (Å²) >= 11 is 0. The summed E-state index contributed by atoms with van der Waals surface area (Å²) < 4.78 is 15.9. The molecular weight excluding hydrogens is 346 g/mol. The molecule has 0 saturated carbocycles. The summed E-state index contributed by atoms with van der Waals surface area (Å²) in [4.78, 5) is 16.5. The molecule has 7 heteroatoms. The van der Waals surface area contributed by atoms with Crippen LogP contribution in [0.3, 0.4) is 0 Å². The third-order valence-corrected chi connectivity index (χ3v) is 4.03. The van der Waals surface area contributed by atoms with Gasteiger partial charge in [-0.05, 0) is 36.8 Å². The fourth-order valence-electron chi connectivity index (χ4n) is 2.62. The third-order valence-electron chi connectivity index (χ3n) is 4.03. The van der Waals surface area contributed by atoms with Gasteiger partial charge in [-0.25, -0.2) is 0 Å². The van der Waals surface area contributed by atoms with E-state index in [1.54, 1.807) is 25.1 Å². The number of fused-ring (bicyclic) bond motifs is 1. The summed E-state index contributed by atoms with van der Waals surface area (Å²) in [7, 11) is 0. The van der Waals surface area contributed by atoms with Crippen molar-refractivity contribution in [1.82, 2.24) is 15.5 Å². The van der Waals surface area contributed by atoms with Crippen molar-refractivity contribution in [1.29, 1.82) is 0 Å². The van der Waals surface area contributed by atoms with Crippen molar-refractivity contribution in [2.45, 2.75) is 13.0 Å². The first kappa shape index (κ1) is 16.8. The Hall–Kier alpha value is -3.61. The summed E-state index contributed by atoms with van der Waals surface area (Å²) in [6.45, 7) is 1.99. The molecule has 1 N–H and O–H groups in total. The van der Waals surface area contributed by atoms with Gasteiger partial charge in [-0.2, -0.15) is 4.98 Å². The molecule has 0 bridgehead atoms. The summed E-state index contributed by atoms with van der Waals surface area (Å²) in [5.74, 6) is 1.84. The lowest BCUT2D eigenvalue weighted by atomic mass is 10.2. The summed E-state index contributed by atoms with van der Waals surface area (Å²) in [6, 6.07) is 14.6. The van der Waals surface area contributed by atoms with E-state index in [9.17, 15) is 4.79 Å². The first-order chi connectivity index (χ1) is 13.2. The van der Waals surface area contributed by atoms with E-state index in [-0.39, 0.29) is 12.7 Å². The highest BCUT2D eigenvalue weighted by molar-refractivity contribution is 5.91. The Bertz CT molecular complexity index is 982. The van der Waals surface area contributed by atoms with Crippen LogP contribution in [0.4, 0.5) is 0 Å². The van der Waals surface area contributed by atoms with E-state index in [4.69, 9.17) is 14.0 Å². The van der Waals surface area contributed by atoms with Crippen LogP contribution in [0.1, 0.15) is 24.4 Å². The number of rotatable bonds is 5. The zero-order chi connectivity index (χ0) is 18.6. The van der Waals surface area contributed by atoms with Crippen LogP contribution in [0.25, 0.3) is 17.5 Å². The second-order valence-corrected chi connectivity index (χ2v) is 6.00. The molecule has 2 aromatic carbocycles. The molecule has 4 rings (SSSR count). The SMILES string of the molecule is CC(NC(=O)/C=C/c1ccccc1)c1nc(-c2ccc3c(c2)OCO3)no1. The average Bonchev–Trinajstić information content (AvgIpc) is 3.36. The molecule has 0 spiro atoms. The van der Waals surface area contributed by atoms with Crippen LogP contribution in [0.15, 0.2) is 59.1 Å².